The first-order chi connectivity index (χ1) is 13.7. The largest absolute Gasteiger partial charge is 0.494 e. The Morgan fingerprint density at radius 1 is 1.14 bits per heavy atom. The number of ether oxygens (including phenoxy) is 2. The van der Waals surface area contributed by atoms with Gasteiger partial charge in [-0.25, -0.2) is 4.98 Å². The Labute approximate surface area is 164 Å². The molecule has 2 aromatic carbocycles. The molecule has 0 aliphatic carbocycles. The maximum Gasteiger partial charge on any atom is 0.227 e. The Hall–Kier alpha value is -2.86. The molecule has 1 aliphatic heterocycles. The summed E-state index contributed by atoms with van der Waals surface area (Å²) in [7, 11) is 1.70. The minimum absolute atomic E-state index is 0.0586. The number of carbonyl (C=O) groups is 1. The number of fused-ring (bicyclic) bond motifs is 1. The third-order valence-electron chi connectivity index (χ3n) is 5.15. The summed E-state index contributed by atoms with van der Waals surface area (Å²) in [5.41, 5.74) is 2.94. The van der Waals surface area contributed by atoms with Crippen molar-refractivity contribution < 1.29 is 14.3 Å². The molecular weight excluding hydrogens is 354 g/mol. The summed E-state index contributed by atoms with van der Waals surface area (Å²) >= 11 is 0. The average Bonchev–Trinajstić information content (AvgIpc) is 3.28. The van der Waals surface area contributed by atoms with Crippen LogP contribution in [0.2, 0.25) is 0 Å². The highest BCUT2D eigenvalue weighted by atomic mass is 16.5. The topological polar surface area (TPSA) is 56.6 Å². The number of methoxy groups -OCH3 is 1. The summed E-state index contributed by atoms with van der Waals surface area (Å²) in [6.45, 7) is 4.54. The monoisotopic (exact) mass is 379 g/mol. The van der Waals surface area contributed by atoms with E-state index in [4.69, 9.17) is 14.5 Å². The van der Waals surface area contributed by atoms with Crippen LogP contribution in [-0.4, -0.2) is 42.3 Å². The summed E-state index contributed by atoms with van der Waals surface area (Å²) < 4.78 is 13.0. The van der Waals surface area contributed by atoms with Crippen LogP contribution in [0.1, 0.15) is 25.1 Å². The lowest BCUT2D eigenvalue weighted by molar-refractivity contribution is -0.117. The normalized spacial score (nSPS) is 16.9. The van der Waals surface area contributed by atoms with Crippen LogP contribution in [0.3, 0.4) is 0 Å². The Kier molecular flexibility index (Phi) is 5.30. The van der Waals surface area contributed by atoms with Crippen LogP contribution < -0.4 is 9.64 Å². The maximum absolute atomic E-state index is 12.7. The lowest BCUT2D eigenvalue weighted by Crippen LogP contribution is -2.24. The molecule has 28 heavy (non-hydrogen) atoms. The molecule has 0 radical (unpaired) electrons. The van der Waals surface area contributed by atoms with Crippen molar-refractivity contribution in [3.63, 3.8) is 0 Å². The molecule has 146 valence electrons. The Morgan fingerprint density at radius 3 is 2.68 bits per heavy atom. The van der Waals surface area contributed by atoms with Gasteiger partial charge in [0.15, 0.2) is 0 Å². The van der Waals surface area contributed by atoms with E-state index in [0.717, 1.165) is 34.8 Å². The second kappa shape index (κ2) is 8.02. The van der Waals surface area contributed by atoms with Gasteiger partial charge >= 0.3 is 0 Å². The van der Waals surface area contributed by atoms with E-state index in [1.54, 1.807) is 7.11 Å². The van der Waals surface area contributed by atoms with E-state index in [0.29, 0.717) is 26.2 Å². The summed E-state index contributed by atoms with van der Waals surface area (Å²) in [4.78, 5) is 19.4. The number of carbonyl (C=O) groups excluding carboxylic acids is 1. The number of anilines is 1. The summed E-state index contributed by atoms with van der Waals surface area (Å²) in [5, 5.41) is 0. The molecular formula is C22H25N3O3. The van der Waals surface area contributed by atoms with E-state index < -0.39 is 0 Å². The number of imidazole rings is 1. The fourth-order valence-electron chi connectivity index (χ4n) is 3.84. The number of amides is 1. The number of hydrogen-bond donors (Lipinski definition) is 0. The molecule has 1 aromatic heterocycles. The van der Waals surface area contributed by atoms with E-state index in [9.17, 15) is 4.79 Å². The molecule has 0 spiro atoms. The van der Waals surface area contributed by atoms with E-state index >= 15 is 0 Å². The molecule has 1 amide bonds. The van der Waals surface area contributed by atoms with Gasteiger partial charge in [-0.2, -0.15) is 0 Å². The van der Waals surface area contributed by atoms with Crippen molar-refractivity contribution in [2.45, 2.75) is 25.8 Å². The van der Waals surface area contributed by atoms with Gasteiger partial charge in [0, 0.05) is 38.2 Å². The second-order valence-electron chi connectivity index (χ2n) is 6.94. The fourth-order valence-corrected chi connectivity index (χ4v) is 3.84. The Morgan fingerprint density at radius 2 is 1.93 bits per heavy atom. The first-order valence-corrected chi connectivity index (χ1v) is 9.68. The molecule has 6 heteroatoms. The van der Waals surface area contributed by atoms with Crippen molar-refractivity contribution in [3.8, 4) is 5.75 Å². The molecule has 1 aliphatic rings. The number of benzene rings is 2. The van der Waals surface area contributed by atoms with Gasteiger partial charge in [-0.15, -0.1) is 0 Å². The van der Waals surface area contributed by atoms with Gasteiger partial charge in [-0.1, -0.05) is 12.1 Å². The van der Waals surface area contributed by atoms with Crippen LogP contribution in [0.15, 0.2) is 48.5 Å². The first kappa shape index (κ1) is 18.5. The Balaban J connectivity index is 1.61. The highest BCUT2D eigenvalue weighted by Crippen LogP contribution is 2.33. The summed E-state index contributed by atoms with van der Waals surface area (Å²) in [6, 6.07) is 15.8. The van der Waals surface area contributed by atoms with E-state index in [1.165, 1.54) is 0 Å². The molecule has 1 fully saturated rings. The number of nitrogens with zero attached hydrogens (tertiary/aromatic N) is 3. The molecule has 1 atom stereocenters. The van der Waals surface area contributed by atoms with Crippen LogP contribution in [0, 0.1) is 0 Å². The first-order valence-electron chi connectivity index (χ1n) is 9.68. The molecule has 0 unspecified atom stereocenters. The van der Waals surface area contributed by atoms with E-state index in [2.05, 4.69) is 10.6 Å². The zero-order valence-corrected chi connectivity index (χ0v) is 16.3. The molecule has 6 nitrogen and oxygen atoms in total. The molecule has 0 N–H and O–H groups in total. The van der Waals surface area contributed by atoms with Crippen molar-refractivity contribution in [2.24, 2.45) is 0 Å². The van der Waals surface area contributed by atoms with Crippen molar-refractivity contribution in [2.75, 3.05) is 31.8 Å². The average molecular weight is 379 g/mol. The number of hydrogen-bond acceptors (Lipinski definition) is 4. The SMILES string of the molecule is CCOc1ccc(N2C[C@@H](c3nc4ccccc4n3CCOC)CC2=O)cc1. The summed E-state index contributed by atoms with van der Waals surface area (Å²) in [5.74, 6) is 1.96. The van der Waals surface area contributed by atoms with Crippen molar-refractivity contribution >= 4 is 22.6 Å². The van der Waals surface area contributed by atoms with Crippen LogP contribution in [0.4, 0.5) is 5.69 Å². The van der Waals surface area contributed by atoms with Gasteiger partial charge in [0.25, 0.3) is 0 Å². The third-order valence-corrected chi connectivity index (χ3v) is 5.15. The molecule has 0 saturated carbocycles. The lowest BCUT2D eigenvalue weighted by Gasteiger charge is -2.18. The van der Waals surface area contributed by atoms with Gasteiger partial charge in [0.1, 0.15) is 11.6 Å². The van der Waals surface area contributed by atoms with Gasteiger partial charge in [0.2, 0.25) is 5.91 Å². The lowest BCUT2D eigenvalue weighted by atomic mass is 10.1. The summed E-state index contributed by atoms with van der Waals surface area (Å²) in [6.07, 6.45) is 0.462. The zero-order chi connectivity index (χ0) is 19.5. The zero-order valence-electron chi connectivity index (χ0n) is 16.3. The van der Waals surface area contributed by atoms with Crippen LogP contribution in [-0.2, 0) is 16.1 Å². The van der Waals surface area contributed by atoms with Gasteiger partial charge in [-0.3, -0.25) is 4.79 Å². The molecule has 0 bridgehead atoms. The van der Waals surface area contributed by atoms with Crippen LogP contribution >= 0.6 is 0 Å². The predicted molar refractivity (Wildman–Crippen MR) is 109 cm³/mol. The number of para-hydroxylation sites is 2. The van der Waals surface area contributed by atoms with Gasteiger partial charge < -0.3 is 18.9 Å². The number of aromatic nitrogens is 2. The van der Waals surface area contributed by atoms with Crippen LogP contribution in [0.5, 0.6) is 5.75 Å². The van der Waals surface area contributed by atoms with Crippen molar-refractivity contribution in [1.82, 2.24) is 9.55 Å². The quantitative estimate of drug-likeness (QED) is 0.629. The highest BCUT2D eigenvalue weighted by molar-refractivity contribution is 5.96. The highest BCUT2D eigenvalue weighted by Gasteiger charge is 2.34. The second-order valence-corrected chi connectivity index (χ2v) is 6.94. The maximum atomic E-state index is 12.7. The number of rotatable bonds is 7. The molecule has 3 aromatic rings. The van der Waals surface area contributed by atoms with E-state index in [-0.39, 0.29) is 11.8 Å². The van der Waals surface area contributed by atoms with Crippen LogP contribution in [0.25, 0.3) is 11.0 Å². The smallest absolute Gasteiger partial charge is 0.227 e. The van der Waals surface area contributed by atoms with Crippen molar-refractivity contribution in [1.29, 1.82) is 0 Å². The van der Waals surface area contributed by atoms with Gasteiger partial charge in [0.05, 0.1) is 24.2 Å². The molecule has 2 heterocycles. The van der Waals surface area contributed by atoms with E-state index in [1.807, 2.05) is 54.3 Å². The van der Waals surface area contributed by atoms with Crippen molar-refractivity contribution in [3.05, 3.63) is 54.4 Å². The third kappa shape index (κ3) is 3.47. The molecule has 4 rings (SSSR count). The minimum atomic E-state index is 0.0586. The van der Waals surface area contributed by atoms with Gasteiger partial charge in [-0.05, 0) is 43.3 Å². The molecule has 1 saturated heterocycles. The fraction of sp³-hybridized carbons (Fsp3) is 0.364. The Bertz CT molecular complexity index is 965. The predicted octanol–water partition coefficient (Wildman–Crippen LogP) is 3.60. The minimum Gasteiger partial charge on any atom is -0.494 e. The standard InChI is InChI=1S/C22H25N3O3/c1-3-28-18-10-8-17(9-11-18)25-15-16(14-21(25)26)22-23-19-6-4-5-7-20(19)24(22)12-13-27-2/h4-11,16H,3,12-15H2,1-2H3/t16-/m0/s1.